The summed E-state index contributed by atoms with van der Waals surface area (Å²) in [6, 6.07) is 8.12. The van der Waals surface area contributed by atoms with Crippen LogP contribution in [0, 0.1) is 0 Å². The van der Waals surface area contributed by atoms with Crippen molar-refractivity contribution in [1.29, 1.82) is 0 Å². The van der Waals surface area contributed by atoms with Crippen LogP contribution in [0.3, 0.4) is 0 Å². The molecule has 0 saturated carbocycles. The Morgan fingerprint density at radius 1 is 1.16 bits per heavy atom. The summed E-state index contributed by atoms with van der Waals surface area (Å²) in [7, 11) is 0. The molecule has 2 heterocycles. The van der Waals surface area contributed by atoms with Gasteiger partial charge < -0.3 is 9.52 Å². The maximum Gasteiger partial charge on any atom is 0.268 e. The number of nitrogens with zero attached hydrogens (tertiary/aromatic N) is 1. The average Bonchev–Trinajstić information content (AvgIpc) is 3.16. The van der Waals surface area contributed by atoms with E-state index < -0.39 is 11.8 Å². The van der Waals surface area contributed by atoms with E-state index in [0.717, 1.165) is 16.7 Å². The minimum Gasteiger partial charge on any atom is -0.467 e. The van der Waals surface area contributed by atoms with Crippen LogP contribution in [-0.4, -0.2) is 34.2 Å². The highest BCUT2D eigenvalue weighted by molar-refractivity contribution is 8.04. The number of aliphatic hydroxyl groups excluding tert-OH is 1. The summed E-state index contributed by atoms with van der Waals surface area (Å²) in [5.74, 6) is -0.0962. The number of carbonyl (C=O) groups excluding carboxylic acids is 2. The molecule has 25 heavy (non-hydrogen) atoms. The van der Waals surface area contributed by atoms with E-state index in [4.69, 9.17) is 32.7 Å². The zero-order valence-electron chi connectivity index (χ0n) is 12.9. The summed E-state index contributed by atoms with van der Waals surface area (Å²) < 4.78 is 5.23. The van der Waals surface area contributed by atoms with E-state index in [1.807, 2.05) is 0 Å². The van der Waals surface area contributed by atoms with E-state index in [1.54, 1.807) is 24.3 Å². The van der Waals surface area contributed by atoms with Crippen LogP contribution in [0.2, 0.25) is 10.0 Å². The first-order valence-electron chi connectivity index (χ1n) is 7.35. The van der Waals surface area contributed by atoms with Crippen LogP contribution in [-0.2, 0) is 16.1 Å². The van der Waals surface area contributed by atoms with Crippen LogP contribution in [0.4, 0.5) is 0 Å². The molecule has 0 atom stereocenters. The van der Waals surface area contributed by atoms with Crippen molar-refractivity contribution in [2.75, 3.05) is 12.4 Å². The molecule has 0 spiro atoms. The topological polar surface area (TPSA) is 70.8 Å². The number of hydrogen-bond acceptors (Lipinski definition) is 5. The van der Waals surface area contributed by atoms with Crippen LogP contribution >= 0.6 is 35.0 Å². The zero-order chi connectivity index (χ0) is 18.0. The number of hydrogen-bond donors (Lipinski definition) is 1. The Bertz CT molecular complexity index is 848. The van der Waals surface area contributed by atoms with Gasteiger partial charge in [-0.25, -0.2) is 0 Å². The van der Waals surface area contributed by atoms with Crippen LogP contribution in [0.15, 0.2) is 45.9 Å². The Morgan fingerprint density at radius 2 is 1.96 bits per heavy atom. The SMILES string of the molecule is O=C1C(SCCO)=C(c2ccc(Cl)cc2Cl)C(=O)N1Cc1ccco1. The summed E-state index contributed by atoms with van der Waals surface area (Å²) in [5.41, 5.74) is 0.656. The molecule has 1 aromatic carbocycles. The van der Waals surface area contributed by atoms with Gasteiger partial charge in [0.15, 0.2) is 0 Å². The summed E-state index contributed by atoms with van der Waals surface area (Å²) >= 11 is 13.3. The molecule has 1 N–H and O–H groups in total. The Balaban J connectivity index is 2.02. The minimum absolute atomic E-state index is 0.0303. The Morgan fingerprint density at radius 3 is 2.60 bits per heavy atom. The zero-order valence-corrected chi connectivity index (χ0v) is 15.2. The van der Waals surface area contributed by atoms with E-state index in [9.17, 15) is 9.59 Å². The maximum absolute atomic E-state index is 12.9. The quantitative estimate of drug-likeness (QED) is 0.754. The van der Waals surface area contributed by atoms with Gasteiger partial charge in [0.25, 0.3) is 11.8 Å². The molecule has 0 radical (unpaired) electrons. The standard InChI is InChI=1S/C17H13Cl2NO4S/c18-10-3-4-12(13(19)8-10)14-15(25-7-5-21)17(23)20(16(14)22)9-11-2-1-6-24-11/h1-4,6,8,21H,5,7,9H2. The van der Waals surface area contributed by atoms with Crippen LogP contribution in [0.5, 0.6) is 0 Å². The summed E-state index contributed by atoms with van der Waals surface area (Å²) in [4.78, 5) is 27.0. The average molecular weight is 398 g/mol. The second kappa shape index (κ2) is 7.66. The molecule has 0 fully saturated rings. The largest absolute Gasteiger partial charge is 0.467 e. The fourth-order valence-corrected chi connectivity index (χ4v) is 3.84. The maximum atomic E-state index is 12.9. The van der Waals surface area contributed by atoms with Gasteiger partial charge in [-0.05, 0) is 24.3 Å². The Labute approximate surface area is 158 Å². The first-order chi connectivity index (χ1) is 12.0. The molecule has 5 nitrogen and oxygen atoms in total. The van der Waals surface area contributed by atoms with Gasteiger partial charge in [-0.15, -0.1) is 11.8 Å². The van der Waals surface area contributed by atoms with Gasteiger partial charge in [0, 0.05) is 16.3 Å². The molecule has 2 amide bonds. The fourth-order valence-electron chi connectivity index (χ4n) is 2.47. The normalized spacial score (nSPS) is 14.8. The van der Waals surface area contributed by atoms with Gasteiger partial charge in [-0.1, -0.05) is 29.3 Å². The van der Waals surface area contributed by atoms with E-state index in [0.29, 0.717) is 16.3 Å². The number of benzene rings is 1. The second-order valence-electron chi connectivity index (χ2n) is 5.18. The van der Waals surface area contributed by atoms with E-state index in [1.165, 1.54) is 12.3 Å². The highest BCUT2D eigenvalue weighted by Gasteiger charge is 2.40. The first-order valence-corrected chi connectivity index (χ1v) is 9.09. The van der Waals surface area contributed by atoms with Gasteiger partial charge in [-0.3, -0.25) is 14.5 Å². The first kappa shape index (κ1) is 18.1. The molecule has 1 aliphatic rings. The molecule has 0 aliphatic carbocycles. The molecule has 0 unspecified atom stereocenters. The lowest BCUT2D eigenvalue weighted by Gasteiger charge is -2.13. The van der Waals surface area contributed by atoms with Crippen LogP contribution in [0.25, 0.3) is 5.57 Å². The van der Waals surface area contributed by atoms with Crippen LogP contribution in [0.1, 0.15) is 11.3 Å². The second-order valence-corrected chi connectivity index (χ2v) is 7.12. The van der Waals surface area contributed by atoms with Crippen molar-refractivity contribution in [1.82, 2.24) is 4.90 Å². The van der Waals surface area contributed by atoms with Gasteiger partial charge >= 0.3 is 0 Å². The van der Waals surface area contributed by atoms with E-state index in [2.05, 4.69) is 0 Å². The summed E-state index contributed by atoms with van der Waals surface area (Å²) in [5, 5.41) is 9.80. The number of thioether (sulfide) groups is 1. The van der Waals surface area contributed by atoms with Gasteiger partial charge in [0.05, 0.1) is 34.9 Å². The molecule has 130 valence electrons. The summed E-state index contributed by atoms with van der Waals surface area (Å²) in [6.45, 7) is -0.0853. The van der Waals surface area contributed by atoms with Crippen molar-refractivity contribution in [3.8, 4) is 0 Å². The van der Waals surface area contributed by atoms with Gasteiger partial charge in [-0.2, -0.15) is 0 Å². The number of halogens is 2. The van der Waals surface area contributed by atoms with Crippen molar-refractivity contribution in [2.24, 2.45) is 0 Å². The smallest absolute Gasteiger partial charge is 0.268 e. The highest BCUT2D eigenvalue weighted by Crippen LogP contribution is 2.39. The predicted molar refractivity (Wildman–Crippen MR) is 97.2 cm³/mol. The van der Waals surface area contributed by atoms with Crippen molar-refractivity contribution in [2.45, 2.75) is 6.54 Å². The lowest BCUT2D eigenvalue weighted by molar-refractivity contribution is -0.137. The van der Waals surface area contributed by atoms with Gasteiger partial charge in [0.1, 0.15) is 5.76 Å². The monoisotopic (exact) mass is 397 g/mol. The molecule has 0 bridgehead atoms. The Kier molecular flexibility index (Phi) is 5.54. The number of furan rings is 1. The molecule has 1 aliphatic heterocycles. The van der Waals surface area contributed by atoms with Crippen molar-refractivity contribution in [3.05, 3.63) is 62.9 Å². The third-order valence-electron chi connectivity index (χ3n) is 3.56. The number of aliphatic hydroxyl groups is 1. The van der Waals surface area contributed by atoms with Gasteiger partial charge in [0.2, 0.25) is 0 Å². The molecular weight excluding hydrogens is 385 g/mol. The van der Waals surface area contributed by atoms with Crippen LogP contribution < -0.4 is 0 Å². The Hall–Kier alpha value is -1.73. The molecule has 1 aromatic heterocycles. The third kappa shape index (κ3) is 3.62. The minimum atomic E-state index is -0.453. The molecule has 3 rings (SSSR count). The van der Waals surface area contributed by atoms with Crippen molar-refractivity contribution in [3.63, 3.8) is 0 Å². The summed E-state index contributed by atoms with van der Waals surface area (Å²) in [6.07, 6.45) is 1.48. The number of rotatable bonds is 6. The predicted octanol–water partition coefficient (Wildman–Crippen LogP) is 3.59. The molecule has 8 heteroatoms. The lowest BCUT2D eigenvalue weighted by Crippen LogP contribution is -2.30. The highest BCUT2D eigenvalue weighted by atomic mass is 35.5. The number of imide groups is 1. The lowest BCUT2D eigenvalue weighted by atomic mass is 10.1. The number of amides is 2. The van der Waals surface area contributed by atoms with E-state index in [-0.39, 0.29) is 34.4 Å². The molecule has 0 saturated heterocycles. The van der Waals surface area contributed by atoms with E-state index >= 15 is 0 Å². The van der Waals surface area contributed by atoms with Crippen molar-refractivity contribution >= 4 is 52.4 Å². The number of carbonyl (C=O) groups is 2. The molecular formula is C17H13Cl2NO4S. The van der Waals surface area contributed by atoms with Crippen molar-refractivity contribution < 1.29 is 19.1 Å². The third-order valence-corrected chi connectivity index (χ3v) is 5.16. The molecule has 2 aromatic rings. The fraction of sp³-hybridized carbons (Fsp3) is 0.176.